The van der Waals surface area contributed by atoms with Crippen LogP contribution in [0.1, 0.15) is 21.8 Å². The first-order valence-corrected chi connectivity index (χ1v) is 11.5. The number of hydrogen-bond acceptors (Lipinski definition) is 9. The van der Waals surface area contributed by atoms with E-state index in [2.05, 4.69) is 40.8 Å². The molecule has 0 radical (unpaired) electrons. The Kier molecular flexibility index (Phi) is 5.60. The van der Waals surface area contributed by atoms with Crippen molar-refractivity contribution < 1.29 is 19.0 Å². The van der Waals surface area contributed by atoms with Crippen LogP contribution in [0.5, 0.6) is 11.5 Å². The molecule has 0 saturated carbocycles. The van der Waals surface area contributed by atoms with Crippen molar-refractivity contribution in [1.29, 1.82) is 0 Å². The monoisotopic (exact) mass is 454 g/mol. The summed E-state index contributed by atoms with van der Waals surface area (Å²) >= 11 is 1.66. The van der Waals surface area contributed by atoms with Crippen LogP contribution in [0, 0.1) is 13.8 Å². The predicted octanol–water partition coefficient (Wildman–Crippen LogP) is 3.07. The predicted molar refractivity (Wildman–Crippen MR) is 123 cm³/mol. The van der Waals surface area contributed by atoms with Crippen LogP contribution in [0.2, 0.25) is 0 Å². The Morgan fingerprint density at radius 2 is 1.91 bits per heavy atom. The van der Waals surface area contributed by atoms with E-state index in [1.807, 2.05) is 6.07 Å². The molecule has 0 spiro atoms. The number of rotatable bonds is 5. The second-order valence-corrected chi connectivity index (χ2v) is 9.33. The Labute approximate surface area is 190 Å². The van der Waals surface area contributed by atoms with E-state index < -0.39 is 0 Å². The van der Waals surface area contributed by atoms with Gasteiger partial charge in [-0.2, -0.15) is 0 Å². The maximum absolute atomic E-state index is 11.8. The Morgan fingerprint density at radius 3 is 2.69 bits per heavy atom. The van der Waals surface area contributed by atoms with Crippen LogP contribution in [-0.4, -0.2) is 60.9 Å². The zero-order valence-electron chi connectivity index (χ0n) is 18.5. The highest BCUT2D eigenvalue weighted by atomic mass is 32.1. The number of methoxy groups -OCH3 is 1. The number of benzene rings is 1. The maximum Gasteiger partial charge on any atom is 0.313 e. The summed E-state index contributed by atoms with van der Waals surface area (Å²) < 4.78 is 15.7. The number of fused-ring (bicyclic) bond motifs is 2. The van der Waals surface area contributed by atoms with Gasteiger partial charge in [-0.25, -0.2) is 9.97 Å². The Bertz CT molecular complexity index is 1170. The number of ether oxygens (including phenoxy) is 3. The van der Waals surface area contributed by atoms with Gasteiger partial charge in [-0.1, -0.05) is 6.07 Å². The summed E-state index contributed by atoms with van der Waals surface area (Å²) in [6, 6.07) is 6.15. The lowest BCUT2D eigenvalue weighted by atomic mass is 10.1. The van der Waals surface area contributed by atoms with E-state index in [-0.39, 0.29) is 12.4 Å². The Hall–Kier alpha value is -2.91. The molecular weight excluding hydrogens is 428 g/mol. The van der Waals surface area contributed by atoms with Crippen LogP contribution in [0.15, 0.2) is 18.2 Å². The number of nitrogens with zero attached hydrogens (tertiary/aromatic N) is 4. The molecule has 0 unspecified atom stereocenters. The fraction of sp³-hybridized carbons (Fsp3) is 0.435. The molecule has 2 aliphatic rings. The number of esters is 1. The number of carbonyl (C=O) groups excluding carboxylic acids is 1. The third-order valence-corrected chi connectivity index (χ3v) is 7.20. The minimum atomic E-state index is -0.325. The summed E-state index contributed by atoms with van der Waals surface area (Å²) in [7, 11) is 1.39. The van der Waals surface area contributed by atoms with E-state index in [1.165, 1.54) is 23.1 Å². The van der Waals surface area contributed by atoms with Crippen LogP contribution in [-0.2, 0) is 22.5 Å². The SMILES string of the molecule is COC(=O)Cc1nc(N2CCN(Cc3ccc4c(c3)OCO4)CC2)c2c(C)c(C)sc2n1. The van der Waals surface area contributed by atoms with Crippen LogP contribution in [0.25, 0.3) is 10.2 Å². The van der Waals surface area contributed by atoms with Gasteiger partial charge < -0.3 is 19.1 Å². The smallest absolute Gasteiger partial charge is 0.313 e. The summed E-state index contributed by atoms with van der Waals surface area (Å²) in [6.07, 6.45) is 0.0829. The average Bonchev–Trinajstić information content (AvgIpc) is 3.37. The molecule has 1 aromatic carbocycles. The van der Waals surface area contributed by atoms with E-state index in [0.29, 0.717) is 12.6 Å². The third kappa shape index (κ3) is 3.98. The summed E-state index contributed by atoms with van der Waals surface area (Å²) in [5, 5.41) is 1.10. The van der Waals surface area contributed by atoms with Gasteiger partial charge in [0.05, 0.1) is 12.5 Å². The number of piperazine rings is 1. The zero-order valence-corrected chi connectivity index (χ0v) is 19.3. The highest BCUT2D eigenvalue weighted by Gasteiger charge is 2.24. The van der Waals surface area contributed by atoms with Crippen molar-refractivity contribution in [2.45, 2.75) is 26.8 Å². The minimum Gasteiger partial charge on any atom is -0.469 e. The van der Waals surface area contributed by atoms with Crippen LogP contribution >= 0.6 is 11.3 Å². The number of aryl methyl sites for hydroxylation is 2. The fourth-order valence-electron chi connectivity index (χ4n) is 4.20. The van der Waals surface area contributed by atoms with E-state index in [0.717, 1.165) is 60.3 Å². The van der Waals surface area contributed by atoms with Gasteiger partial charge in [0.15, 0.2) is 11.5 Å². The second kappa shape index (κ2) is 8.55. The van der Waals surface area contributed by atoms with Crippen molar-refractivity contribution in [3.05, 3.63) is 40.0 Å². The fourth-order valence-corrected chi connectivity index (χ4v) is 5.24. The van der Waals surface area contributed by atoms with E-state index in [4.69, 9.17) is 19.2 Å². The van der Waals surface area contributed by atoms with Crippen molar-refractivity contribution in [1.82, 2.24) is 14.9 Å². The van der Waals surface area contributed by atoms with Gasteiger partial charge in [0.2, 0.25) is 6.79 Å². The quantitative estimate of drug-likeness (QED) is 0.545. The summed E-state index contributed by atoms with van der Waals surface area (Å²) in [5.74, 6) is 2.76. The van der Waals surface area contributed by atoms with Gasteiger partial charge in [0.25, 0.3) is 0 Å². The number of carbonyl (C=O) groups is 1. The molecule has 0 amide bonds. The molecule has 5 rings (SSSR count). The van der Waals surface area contributed by atoms with E-state index in [1.54, 1.807) is 11.3 Å². The molecule has 9 heteroatoms. The maximum atomic E-state index is 11.8. The zero-order chi connectivity index (χ0) is 22.2. The largest absolute Gasteiger partial charge is 0.469 e. The third-order valence-electron chi connectivity index (χ3n) is 6.10. The Morgan fingerprint density at radius 1 is 1.12 bits per heavy atom. The first-order chi connectivity index (χ1) is 15.5. The molecule has 1 fully saturated rings. The van der Waals surface area contributed by atoms with Gasteiger partial charge >= 0.3 is 5.97 Å². The minimum absolute atomic E-state index is 0.0829. The molecule has 1 saturated heterocycles. The second-order valence-electron chi connectivity index (χ2n) is 8.13. The van der Waals surface area contributed by atoms with E-state index in [9.17, 15) is 4.79 Å². The van der Waals surface area contributed by atoms with E-state index >= 15 is 0 Å². The molecule has 4 heterocycles. The summed E-state index contributed by atoms with van der Waals surface area (Å²) in [4.78, 5) is 28.2. The van der Waals surface area contributed by atoms with Crippen molar-refractivity contribution >= 4 is 33.3 Å². The van der Waals surface area contributed by atoms with Crippen molar-refractivity contribution in [3.63, 3.8) is 0 Å². The molecule has 2 aromatic heterocycles. The van der Waals surface area contributed by atoms with Gasteiger partial charge in [-0.3, -0.25) is 9.69 Å². The van der Waals surface area contributed by atoms with Crippen molar-refractivity contribution in [3.8, 4) is 11.5 Å². The molecule has 32 heavy (non-hydrogen) atoms. The van der Waals surface area contributed by atoms with Crippen LogP contribution in [0.4, 0.5) is 5.82 Å². The van der Waals surface area contributed by atoms with Gasteiger partial charge in [0.1, 0.15) is 22.9 Å². The molecule has 0 N–H and O–H groups in total. The first-order valence-electron chi connectivity index (χ1n) is 10.7. The molecule has 0 atom stereocenters. The highest BCUT2D eigenvalue weighted by Crippen LogP contribution is 2.36. The summed E-state index contributed by atoms with van der Waals surface area (Å²) in [6.45, 7) is 8.97. The van der Waals surface area contributed by atoms with Crippen LogP contribution < -0.4 is 14.4 Å². The highest BCUT2D eigenvalue weighted by molar-refractivity contribution is 7.18. The molecule has 168 valence electrons. The molecule has 2 aliphatic heterocycles. The first kappa shape index (κ1) is 21.0. The standard InChI is InChI=1S/C23H26N4O4S/c1-14-15(2)32-23-21(14)22(24-19(25-23)11-20(28)29-3)27-8-6-26(7-9-27)12-16-4-5-17-18(10-16)31-13-30-17/h4-5,10H,6-9,11-13H2,1-3H3. The number of hydrogen-bond donors (Lipinski definition) is 0. The lowest BCUT2D eigenvalue weighted by molar-refractivity contribution is -0.139. The van der Waals surface area contributed by atoms with Crippen molar-refractivity contribution in [2.24, 2.45) is 0 Å². The van der Waals surface area contributed by atoms with Gasteiger partial charge in [0, 0.05) is 37.6 Å². The normalized spacial score (nSPS) is 16.0. The molecule has 0 bridgehead atoms. The molecule has 0 aliphatic carbocycles. The Balaban J connectivity index is 1.34. The number of thiophene rings is 1. The molecule has 8 nitrogen and oxygen atoms in total. The lowest BCUT2D eigenvalue weighted by Crippen LogP contribution is -2.46. The van der Waals surface area contributed by atoms with Crippen molar-refractivity contribution in [2.75, 3.05) is 45.0 Å². The molecular formula is C23H26N4O4S. The number of aromatic nitrogens is 2. The molecule has 3 aromatic rings. The topological polar surface area (TPSA) is 77.0 Å². The lowest BCUT2D eigenvalue weighted by Gasteiger charge is -2.36. The number of anilines is 1. The van der Waals surface area contributed by atoms with Gasteiger partial charge in [-0.15, -0.1) is 11.3 Å². The van der Waals surface area contributed by atoms with Crippen LogP contribution in [0.3, 0.4) is 0 Å². The van der Waals surface area contributed by atoms with Gasteiger partial charge in [-0.05, 0) is 37.1 Å². The summed E-state index contributed by atoms with van der Waals surface area (Å²) in [5.41, 5.74) is 2.43. The average molecular weight is 455 g/mol.